The number of esters is 2. The summed E-state index contributed by atoms with van der Waals surface area (Å²) in [6.45, 7) is 0.633. The molecule has 28 heavy (non-hydrogen) atoms. The smallest absolute Gasteiger partial charge is 0.338 e. The molecule has 0 saturated heterocycles. The SMILES string of the molecule is O=Cc1ccc(C(=O)OCCCCCCOC(=O)c2ccc(C=O)cc2)cc1. The Balaban J connectivity index is 1.54. The highest BCUT2D eigenvalue weighted by Gasteiger charge is 2.08. The predicted octanol–water partition coefficient (Wildman–Crippen LogP) is 3.89. The number of ether oxygens (including phenoxy) is 2. The molecule has 0 saturated carbocycles. The lowest BCUT2D eigenvalue weighted by molar-refractivity contribution is 0.0473. The van der Waals surface area contributed by atoms with Crippen LogP contribution in [0.1, 0.15) is 67.1 Å². The number of carbonyl (C=O) groups is 4. The molecule has 2 rings (SSSR count). The summed E-state index contributed by atoms with van der Waals surface area (Å²) in [6.07, 6.45) is 4.58. The third-order valence-corrected chi connectivity index (χ3v) is 4.07. The molecule has 0 bridgehead atoms. The van der Waals surface area contributed by atoms with Crippen molar-refractivity contribution in [3.63, 3.8) is 0 Å². The molecule has 2 aromatic carbocycles. The van der Waals surface area contributed by atoms with Crippen LogP contribution in [0.4, 0.5) is 0 Å². The molecule has 6 nitrogen and oxygen atoms in total. The first kappa shape index (κ1) is 21.0. The van der Waals surface area contributed by atoms with Gasteiger partial charge in [0.25, 0.3) is 0 Å². The maximum Gasteiger partial charge on any atom is 0.338 e. The van der Waals surface area contributed by atoms with E-state index in [9.17, 15) is 19.2 Å². The van der Waals surface area contributed by atoms with Crippen LogP contribution in [0.3, 0.4) is 0 Å². The number of hydrogen-bond acceptors (Lipinski definition) is 6. The Hall–Kier alpha value is -3.28. The van der Waals surface area contributed by atoms with Crippen LogP contribution < -0.4 is 0 Å². The highest BCUT2D eigenvalue weighted by molar-refractivity contribution is 5.91. The van der Waals surface area contributed by atoms with Crippen LogP contribution in [-0.2, 0) is 9.47 Å². The third kappa shape index (κ3) is 6.79. The van der Waals surface area contributed by atoms with Gasteiger partial charge in [-0.2, -0.15) is 0 Å². The van der Waals surface area contributed by atoms with Gasteiger partial charge in [-0.05, 0) is 49.9 Å². The van der Waals surface area contributed by atoms with Crippen LogP contribution >= 0.6 is 0 Å². The number of rotatable bonds is 11. The van der Waals surface area contributed by atoms with Crippen molar-refractivity contribution in [3.05, 3.63) is 70.8 Å². The number of unbranched alkanes of at least 4 members (excludes halogenated alkanes) is 3. The van der Waals surface area contributed by atoms with Crippen LogP contribution in [-0.4, -0.2) is 37.7 Å². The zero-order chi connectivity index (χ0) is 20.2. The lowest BCUT2D eigenvalue weighted by Crippen LogP contribution is -2.07. The van der Waals surface area contributed by atoms with Crippen LogP contribution in [0.5, 0.6) is 0 Å². The lowest BCUT2D eigenvalue weighted by atomic mass is 10.1. The maximum atomic E-state index is 11.8. The number of hydrogen-bond donors (Lipinski definition) is 0. The highest BCUT2D eigenvalue weighted by Crippen LogP contribution is 2.08. The molecular formula is C22H22O6. The molecule has 0 unspecified atom stereocenters. The van der Waals surface area contributed by atoms with Gasteiger partial charge >= 0.3 is 11.9 Å². The fraction of sp³-hybridized carbons (Fsp3) is 0.273. The molecule has 146 valence electrons. The van der Waals surface area contributed by atoms with Crippen LogP contribution in [0.2, 0.25) is 0 Å². The topological polar surface area (TPSA) is 86.7 Å². The fourth-order valence-corrected chi connectivity index (χ4v) is 2.45. The first-order valence-electron chi connectivity index (χ1n) is 9.09. The maximum absolute atomic E-state index is 11.8. The number of benzene rings is 2. The first-order chi connectivity index (χ1) is 13.6. The van der Waals surface area contributed by atoms with Crippen molar-refractivity contribution >= 4 is 24.5 Å². The van der Waals surface area contributed by atoms with Gasteiger partial charge < -0.3 is 9.47 Å². The average molecular weight is 382 g/mol. The summed E-state index contributed by atoms with van der Waals surface area (Å²) in [5.74, 6) is -0.820. The van der Waals surface area contributed by atoms with E-state index in [1.54, 1.807) is 48.5 Å². The summed E-state index contributed by atoms with van der Waals surface area (Å²) in [4.78, 5) is 44.9. The van der Waals surface area contributed by atoms with Gasteiger partial charge in [0, 0.05) is 11.1 Å². The Morgan fingerprint density at radius 2 is 0.964 bits per heavy atom. The summed E-state index contributed by atoms with van der Waals surface area (Å²) < 4.78 is 10.4. The standard InChI is InChI=1S/C22H22O6/c23-15-17-5-9-19(10-6-17)21(25)27-13-3-1-2-4-14-28-22(26)20-11-7-18(16-24)8-12-20/h5-12,15-16H,1-4,13-14H2. The number of aldehydes is 2. The van der Waals surface area contributed by atoms with E-state index in [2.05, 4.69) is 0 Å². The van der Waals surface area contributed by atoms with Crippen molar-refractivity contribution < 1.29 is 28.7 Å². The molecule has 0 fully saturated rings. The minimum atomic E-state index is -0.410. The minimum absolute atomic E-state index is 0.317. The Labute approximate surface area is 163 Å². The summed E-state index contributed by atoms with van der Waals surface area (Å²) in [5, 5.41) is 0. The summed E-state index contributed by atoms with van der Waals surface area (Å²) in [7, 11) is 0. The van der Waals surface area contributed by atoms with E-state index in [0.717, 1.165) is 38.3 Å². The highest BCUT2D eigenvalue weighted by atomic mass is 16.5. The van der Waals surface area contributed by atoms with E-state index < -0.39 is 11.9 Å². The fourth-order valence-electron chi connectivity index (χ4n) is 2.45. The minimum Gasteiger partial charge on any atom is -0.462 e. The molecule has 0 aromatic heterocycles. The van der Waals surface area contributed by atoms with Crippen molar-refractivity contribution in [3.8, 4) is 0 Å². The molecule has 0 heterocycles. The monoisotopic (exact) mass is 382 g/mol. The molecule has 0 aliphatic rings. The van der Waals surface area contributed by atoms with E-state index in [4.69, 9.17) is 9.47 Å². The van der Waals surface area contributed by atoms with Gasteiger partial charge in [0.1, 0.15) is 12.6 Å². The Morgan fingerprint density at radius 3 is 1.29 bits per heavy atom. The van der Waals surface area contributed by atoms with Gasteiger partial charge in [-0.3, -0.25) is 9.59 Å². The van der Waals surface area contributed by atoms with E-state index in [-0.39, 0.29) is 0 Å². The second-order valence-electron chi connectivity index (χ2n) is 6.17. The van der Waals surface area contributed by atoms with Crippen molar-refractivity contribution in [2.45, 2.75) is 25.7 Å². The normalized spacial score (nSPS) is 10.1. The van der Waals surface area contributed by atoms with Crippen LogP contribution in [0, 0.1) is 0 Å². The van der Waals surface area contributed by atoms with E-state index in [1.165, 1.54) is 0 Å². The molecule has 0 spiro atoms. The van der Waals surface area contributed by atoms with Gasteiger partial charge in [0.05, 0.1) is 24.3 Å². The summed E-state index contributed by atoms with van der Waals surface area (Å²) in [5.41, 5.74) is 1.85. The van der Waals surface area contributed by atoms with E-state index in [1.807, 2.05) is 0 Å². The van der Waals surface area contributed by atoms with Crippen molar-refractivity contribution in [1.82, 2.24) is 0 Å². The molecule has 0 aliphatic carbocycles. The van der Waals surface area contributed by atoms with Crippen molar-refractivity contribution in [2.75, 3.05) is 13.2 Å². The number of carbonyl (C=O) groups excluding carboxylic acids is 4. The molecule has 6 heteroatoms. The van der Waals surface area contributed by atoms with Crippen molar-refractivity contribution in [1.29, 1.82) is 0 Å². The molecule has 0 aliphatic heterocycles. The molecular weight excluding hydrogens is 360 g/mol. The molecule has 0 amide bonds. The largest absolute Gasteiger partial charge is 0.462 e. The zero-order valence-corrected chi connectivity index (χ0v) is 15.5. The van der Waals surface area contributed by atoms with Crippen molar-refractivity contribution in [2.24, 2.45) is 0 Å². The summed E-state index contributed by atoms with van der Waals surface area (Å²) in [6, 6.07) is 12.5. The predicted molar refractivity (Wildman–Crippen MR) is 103 cm³/mol. The third-order valence-electron chi connectivity index (χ3n) is 4.07. The van der Waals surface area contributed by atoms with Gasteiger partial charge in [0.15, 0.2) is 0 Å². The van der Waals surface area contributed by atoms with Crippen LogP contribution in [0.25, 0.3) is 0 Å². The molecule has 0 radical (unpaired) electrons. The lowest BCUT2D eigenvalue weighted by Gasteiger charge is -2.06. The quantitative estimate of drug-likeness (QED) is 0.333. The van der Waals surface area contributed by atoms with E-state index >= 15 is 0 Å². The zero-order valence-electron chi connectivity index (χ0n) is 15.5. The van der Waals surface area contributed by atoms with E-state index in [0.29, 0.717) is 35.5 Å². The Bertz CT molecular complexity index is 723. The van der Waals surface area contributed by atoms with Crippen LogP contribution in [0.15, 0.2) is 48.5 Å². The Morgan fingerprint density at radius 1 is 0.607 bits per heavy atom. The first-order valence-corrected chi connectivity index (χ1v) is 9.09. The van der Waals surface area contributed by atoms with Gasteiger partial charge in [0.2, 0.25) is 0 Å². The molecule has 0 atom stereocenters. The second kappa shape index (κ2) is 11.4. The molecule has 2 aromatic rings. The second-order valence-corrected chi connectivity index (χ2v) is 6.17. The Kier molecular flexibility index (Phi) is 8.59. The van der Waals surface area contributed by atoms with Gasteiger partial charge in [-0.25, -0.2) is 9.59 Å². The summed E-state index contributed by atoms with van der Waals surface area (Å²) >= 11 is 0. The molecule has 0 N–H and O–H groups in total. The average Bonchev–Trinajstić information content (AvgIpc) is 2.75. The van der Waals surface area contributed by atoms with Gasteiger partial charge in [-0.1, -0.05) is 24.3 Å². The van der Waals surface area contributed by atoms with Gasteiger partial charge in [-0.15, -0.1) is 0 Å².